The van der Waals surface area contributed by atoms with Gasteiger partial charge in [-0.05, 0) is 50.5 Å². The van der Waals surface area contributed by atoms with Crippen LogP contribution in [0.5, 0.6) is 0 Å². The third-order valence-electron chi connectivity index (χ3n) is 3.80. The molecule has 0 aliphatic carbocycles. The van der Waals surface area contributed by atoms with Gasteiger partial charge < -0.3 is 10.6 Å². The lowest BCUT2D eigenvalue weighted by Crippen LogP contribution is -2.39. The summed E-state index contributed by atoms with van der Waals surface area (Å²) < 4.78 is 25.0. The van der Waals surface area contributed by atoms with E-state index in [4.69, 9.17) is 5.73 Å². The molecule has 1 aromatic rings. The van der Waals surface area contributed by atoms with Gasteiger partial charge in [-0.2, -0.15) is 0 Å². The Morgan fingerprint density at radius 3 is 2.45 bits per heavy atom. The van der Waals surface area contributed by atoms with Crippen molar-refractivity contribution in [1.82, 2.24) is 4.90 Å². The van der Waals surface area contributed by atoms with Crippen molar-refractivity contribution in [2.24, 2.45) is 0 Å². The molecule has 1 aliphatic rings. The third-order valence-corrected chi connectivity index (χ3v) is 5.84. The molecule has 6 heteroatoms. The van der Waals surface area contributed by atoms with E-state index in [1.165, 1.54) is 19.1 Å². The van der Waals surface area contributed by atoms with Gasteiger partial charge in [-0.15, -0.1) is 0 Å². The average Bonchev–Trinajstić information content (AvgIpc) is 2.94. The van der Waals surface area contributed by atoms with Gasteiger partial charge >= 0.3 is 0 Å². The van der Waals surface area contributed by atoms with Gasteiger partial charge in [0, 0.05) is 18.8 Å². The van der Waals surface area contributed by atoms with Crippen molar-refractivity contribution in [1.29, 1.82) is 0 Å². The van der Waals surface area contributed by atoms with Crippen molar-refractivity contribution in [3.63, 3.8) is 0 Å². The zero-order chi connectivity index (χ0) is 14.9. The lowest BCUT2D eigenvalue weighted by atomic mass is 10.2. The van der Waals surface area contributed by atoms with Crippen LogP contribution in [0, 0.1) is 6.92 Å². The van der Waals surface area contributed by atoms with Gasteiger partial charge in [0.2, 0.25) is 5.91 Å². The summed E-state index contributed by atoms with van der Waals surface area (Å²) in [6.45, 7) is 4.52. The number of rotatable bonds is 3. The predicted molar refractivity (Wildman–Crippen MR) is 78.1 cm³/mol. The number of anilines is 1. The van der Waals surface area contributed by atoms with E-state index in [0.717, 1.165) is 12.8 Å². The summed E-state index contributed by atoms with van der Waals surface area (Å²) in [7, 11) is -3.66. The van der Waals surface area contributed by atoms with Crippen LogP contribution in [0.4, 0.5) is 5.69 Å². The molecule has 1 fully saturated rings. The zero-order valence-electron chi connectivity index (χ0n) is 11.8. The van der Waals surface area contributed by atoms with Gasteiger partial charge in [0.25, 0.3) is 0 Å². The van der Waals surface area contributed by atoms with E-state index in [9.17, 15) is 13.2 Å². The predicted octanol–water partition coefficient (Wildman–Crippen LogP) is 1.36. The number of likely N-dealkylation sites (tertiary alicyclic amines) is 1. The van der Waals surface area contributed by atoms with Crippen molar-refractivity contribution >= 4 is 21.4 Å². The Morgan fingerprint density at radius 2 is 1.90 bits per heavy atom. The fourth-order valence-corrected chi connectivity index (χ4v) is 3.78. The summed E-state index contributed by atoms with van der Waals surface area (Å²) in [5, 5.41) is -1.05. The first kappa shape index (κ1) is 14.8. The Kier molecular flexibility index (Phi) is 4.04. The van der Waals surface area contributed by atoms with Gasteiger partial charge in [0.15, 0.2) is 9.84 Å². The van der Waals surface area contributed by atoms with E-state index in [1.54, 1.807) is 17.9 Å². The number of carbonyl (C=O) groups excluding carboxylic acids is 1. The van der Waals surface area contributed by atoms with E-state index in [2.05, 4.69) is 0 Å². The lowest BCUT2D eigenvalue weighted by molar-refractivity contribution is -0.129. The number of carbonyl (C=O) groups is 1. The summed E-state index contributed by atoms with van der Waals surface area (Å²) in [6, 6.07) is 4.55. The van der Waals surface area contributed by atoms with Crippen LogP contribution in [0.25, 0.3) is 0 Å². The number of sulfone groups is 1. The van der Waals surface area contributed by atoms with Crippen molar-refractivity contribution < 1.29 is 13.2 Å². The van der Waals surface area contributed by atoms with Gasteiger partial charge in [-0.3, -0.25) is 4.79 Å². The molecule has 20 heavy (non-hydrogen) atoms. The second kappa shape index (κ2) is 5.44. The molecule has 0 spiro atoms. The highest BCUT2D eigenvalue weighted by molar-refractivity contribution is 7.92. The minimum absolute atomic E-state index is 0.157. The molecule has 0 bridgehead atoms. The molecule has 1 aromatic carbocycles. The molecule has 5 nitrogen and oxygen atoms in total. The minimum atomic E-state index is -3.66. The number of hydrogen-bond acceptors (Lipinski definition) is 4. The van der Waals surface area contributed by atoms with E-state index in [0.29, 0.717) is 24.3 Å². The van der Waals surface area contributed by atoms with Crippen LogP contribution in [0.15, 0.2) is 23.1 Å². The quantitative estimate of drug-likeness (QED) is 0.854. The van der Waals surface area contributed by atoms with Gasteiger partial charge in [0.05, 0.1) is 4.90 Å². The molecule has 1 atom stereocenters. The summed E-state index contributed by atoms with van der Waals surface area (Å²) in [5.74, 6) is -0.308. The van der Waals surface area contributed by atoms with Crippen molar-refractivity contribution in [3.8, 4) is 0 Å². The number of nitrogen functional groups attached to an aromatic ring is 1. The highest BCUT2D eigenvalue weighted by Crippen LogP contribution is 2.22. The highest BCUT2D eigenvalue weighted by Gasteiger charge is 2.34. The first-order valence-corrected chi connectivity index (χ1v) is 8.27. The number of benzene rings is 1. The molecule has 0 radical (unpaired) electrons. The van der Waals surface area contributed by atoms with E-state index >= 15 is 0 Å². The molecular formula is C14H20N2O3S. The SMILES string of the molecule is Cc1cc(S(=O)(=O)C(C)C(=O)N2CCCC2)ccc1N. The summed E-state index contributed by atoms with van der Waals surface area (Å²) in [6.07, 6.45) is 1.89. The van der Waals surface area contributed by atoms with Crippen LogP contribution < -0.4 is 5.73 Å². The van der Waals surface area contributed by atoms with E-state index in [-0.39, 0.29) is 10.8 Å². The first-order chi connectivity index (χ1) is 9.34. The molecule has 1 heterocycles. The molecule has 110 valence electrons. The second-order valence-corrected chi connectivity index (χ2v) is 7.51. The molecule has 1 unspecified atom stereocenters. The Hall–Kier alpha value is -1.56. The molecule has 0 saturated carbocycles. The third kappa shape index (κ3) is 2.65. The summed E-state index contributed by atoms with van der Waals surface area (Å²) in [4.78, 5) is 14.0. The monoisotopic (exact) mass is 296 g/mol. The van der Waals surface area contributed by atoms with Crippen molar-refractivity contribution in [3.05, 3.63) is 23.8 Å². The standard InChI is InChI=1S/C14H20N2O3S/c1-10-9-12(5-6-13(10)15)20(18,19)11(2)14(17)16-7-3-4-8-16/h5-6,9,11H,3-4,7-8,15H2,1-2H3. The molecule has 1 amide bonds. The Labute approximate surface area is 119 Å². The molecular weight excluding hydrogens is 276 g/mol. The van der Waals surface area contributed by atoms with E-state index in [1.807, 2.05) is 0 Å². The Bertz CT molecular complexity index is 619. The number of nitrogens with zero attached hydrogens (tertiary/aromatic N) is 1. The smallest absolute Gasteiger partial charge is 0.241 e. The Balaban J connectivity index is 2.28. The fraction of sp³-hybridized carbons (Fsp3) is 0.500. The van der Waals surface area contributed by atoms with Crippen LogP contribution in [-0.2, 0) is 14.6 Å². The van der Waals surface area contributed by atoms with Crippen molar-refractivity contribution in [2.45, 2.75) is 36.8 Å². The zero-order valence-corrected chi connectivity index (χ0v) is 12.6. The number of hydrogen-bond donors (Lipinski definition) is 1. The van der Waals surface area contributed by atoms with Crippen LogP contribution in [0.3, 0.4) is 0 Å². The van der Waals surface area contributed by atoms with Crippen molar-refractivity contribution in [2.75, 3.05) is 18.8 Å². The van der Waals surface area contributed by atoms with Crippen LogP contribution >= 0.6 is 0 Å². The minimum Gasteiger partial charge on any atom is -0.399 e. The van der Waals surface area contributed by atoms with Crippen LogP contribution in [0.2, 0.25) is 0 Å². The van der Waals surface area contributed by atoms with Gasteiger partial charge in [-0.25, -0.2) is 8.42 Å². The largest absolute Gasteiger partial charge is 0.399 e. The maximum Gasteiger partial charge on any atom is 0.241 e. The lowest BCUT2D eigenvalue weighted by Gasteiger charge is -2.20. The number of nitrogens with two attached hydrogens (primary N) is 1. The van der Waals surface area contributed by atoms with Crippen LogP contribution in [-0.4, -0.2) is 37.6 Å². The van der Waals surface area contributed by atoms with Gasteiger partial charge in [0.1, 0.15) is 5.25 Å². The molecule has 0 aromatic heterocycles. The molecule has 1 aliphatic heterocycles. The number of aryl methyl sites for hydroxylation is 1. The normalized spacial score (nSPS) is 17.2. The summed E-state index contributed by atoms with van der Waals surface area (Å²) >= 11 is 0. The summed E-state index contributed by atoms with van der Waals surface area (Å²) in [5.41, 5.74) is 6.94. The Morgan fingerprint density at radius 1 is 1.30 bits per heavy atom. The topological polar surface area (TPSA) is 80.5 Å². The maximum absolute atomic E-state index is 12.5. The molecule has 2 N–H and O–H groups in total. The second-order valence-electron chi connectivity index (χ2n) is 5.24. The molecule has 1 saturated heterocycles. The van der Waals surface area contributed by atoms with Gasteiger partial charge in [-0.1, -0.05) is 0 Å². The van der Waals surface area contributed by atoms with Crippen LogP contribution in [0.1, 0.15) is 25.3 Å². The highest BCUT2D eigenvalue weighted by atomic mass is 32.2. The molecule has 2 rings (SSSR count). The number of amides is 1. The fourth-order valence-electron chi connectivity index (χ4n) is 2.36. The first-order valence-electron chi connectivity index (χ1n) is 6.73. The maximum atomic E-state index is 12.5. The average molecular weight is 296 g/mol. The van der Waals surface area contributed by atoms with E-state index < -0.39 is 15.1 Å².